The fourth-order valence-corrected chi connectivity index (χ4v) is 3.14. The van der Waals surface area contributed by atoms with Gasteiger partial charge in [-0.25, -0.2) is 4.98 Å². The summed E-state index contributed by atoms with van der Waals surface area (Å²) in [4.78, 5) is 16.5. The van der Waals surface area contributed by atoms with Gasteiger partial charge in [0.1, 0.15) is 0 Å². The summed E-state index contributed by atoms with van der Waals surface area (Å²) in [5, 5.41) is 2.96. The number of carbonyl (C=O) groups excluding carboxylic acids is 1. The number of benzene rings is 2. The minimum Gasteiger partial charge on any atom is -0.346 e. The lowest BCUT2D eigenvalue weighted by molar-refractivity contribution is 0.0950. The molecule has 0 radical (unpaired) electrons. The van der Waals surface area contributed by atoms with Crippen molar-refractivity contribution in [1.29, 1.82) is 0 Å². The largest absolute Gasteiger partial charge is 0.346 e. The molecule has 3 aromatic rings. The Hall–Kier alpha value is -2.15. The van der Waals surface area contributed by atoms with E-state index >= 15 is 0 Å². The van der Waals surface area contributed by atoms with Crippen LogP contribution < -0.4 is 5.32 Å². The van der Waals surface area contributed by atoms with Crippen molar-refractivity contribution in [2.45, 2.75) is 47.7 Å². The first-order valence-corrected chi connectivity index (χ1v) is 10.8. The van der Waals surface area contributed by atoms with Crippen LogP contribution in [0.25, 0.3) is 0 Å². The Balaban J connectivity index is 0.000000921. The van der Waals surface area contributed by atoms with Gasteiger partial charge in [0, 0.05) is 21.9 Å². The van der Waals surface area contributed by atoms with E-state index in [2.05, 4.69) is 55.7 Å². The summed E-state index contributed by atoms with van der Waals surface area (Å²) in [7, 11) is 0. The van der Waals surface area contributed by atoms with Crippen LogP contribution >= 0.6 is 22.6 Å². The number of halogens is 1. The van der Waals surface area contributed by atoms with E-state index < -0.39 is 0 Å². The van der Waals surface area contributed by atoms with Crippen molar-refractivity contribution in [3.63, 3.8) is 0 Å². The lowest BCUT2D eigenvalue weighted by Gasteiger charge is -2.10. The van der Waals surface area contributed by atoms with Gasteiger partial charge in [0.25, 0.3) is 5.91 Å². The average molecular weight is 491 g/mol. The van der Waals surface area contributed by atoms with Gasteiger partial charge in [-0.15, -0.1) is 0 Å². The molecule has 0 spiro atoms. The Morgan fingerprint density at radius 1 is 1.07 bits per heavy atom. The highest BCUT2D eigenvalue weighted by atomic mass is 127. The molecule has 28 heavy (non-hydrogen) atoms. The second-order valence-corrected chi connectivity index (χ2v) is 6.94. The number of hydrogen-bond donors (Lipinski definition) is 1. The summed E-state index contributed by atoms with van der Waals surface area (Å²) >= 11 is 2.31. The molecule has 0 unspecified atom stereocenters. The van der Waals surface area contributed by atoms with Crippen molar-refractivity contribution >= 4 is 28.5 Å². The van der Waals surface area contributed by atoms with E-state index in [1.54, 1.807) is 12.5 Å². The maximum atomic E-state index is 12.3. The van der Waals surface area contributed by atoms with Crippen LogP contribution in [0.15, 0.2) is 61.1 Å². The Kier molecular flexibility index (Phi) is 11.2. The number of aryl methyl sites for hydroxylation is 1. The van der Waals surface area contributed by atoms with Gasteiger partial charge < -0.3 is 9.88 Å². The van der Waals surface area contributed by atoms with Crippen LogP contribution in [0, 0.1) is 10.5 Å². The van der Waals surface area contributed by atoms with Crippen LogP contribution in [0.2, 0.25) is 0 Å². The Morgan fingerprint density at radius 3 is 2.46 bits per heavy atom. The molecule has 2 aromatic carbocycles. The number of nitrogens with one attached hydrogen (secondary N) is 1. The summed E-state index contributed by atoms with van der Waals surface area (Å²) in [6.45, 7) is 11.2. The molecule has 1 N–H and O–H groups in total. The van der Waals surface area contributed by atoms with E-state index in [1.807, 2.05) is 65.0 Å². The molecule has 0 fully saturated rings. The van der Waals surface area contributed by atoms with Gasteiger partial charge in [-0.1, -0.05) is 57.5 Å². The van der Waals surface area contributed by atoms with E-state index in [4.69, 9.17) is 0 Å². The molecule has 0 aliphatic rings. The number of hydrogen-bond acceptors (Lipinski definition) is 2. The quantitative estimate of drug-likeness (QED) is 0.457. The topological polar surface area (TPSA) is 46.9 Å². The molecule has 1 aromatic heterocycles. The van der Waals surface area contributed by atoms with Crippen molar-refractivity contribution in [2.75, 3.05) is 0 Å². The van der Waals surface area contributed by atoms with Crippen LogP contribution in [0.1, 0.15) is 54.9 Å². The van der Waals surface area contributed by atoms with Crippen LogP contribution in [0.3, 0.4) is 0 Å². The van der Waals surface area contributed by atoms with Gasteiger partial charge in [-0.05, 0) is 59.3 Å². The summed E-state index contributed by atoms with van der Waals surface area (Å²) in [6, 6.07) is 15.9. The number of aromatic nitrogens is 2. The first-order chi connectivity index (χ1) is 13.6. The number of amides is 1. The summed E-state index contributed by atoms with van der Waals surface area (Å²) < 4.78 is 3.27. The molecule has 3 rings (SSSR count). The van der Waals surface area contributed by atoms with Crippen LogP contribution in [-0.2, 0) is 13.1 Å². The Bertz CT molecular complexity index is 858. The van der Waals surface area contributed by atoms with Crippen LogP contribution in [0.5, 0.6) is 0 Å². The highest BCUT2D eigenvalue weighted by Gasteiger charge is 2.08. The van der Waals surface area contributed by atoms with Crippen LogP contribution in [0.4, 0.5) is 0 Å². The second kappa shape index (κ2) is 13.1. The zero-order valence-corrected chi connectivity index (χ0v) is 19.5. The predicted octanol–water partition coefficient (Wildman–Crippen LogP) is 5.83. The summed E-state index contributed by atoms with van der Waals surface area (Å²) in [5.41, 5.74) is 3.95. The predicted molar refractivity (Wildman–Crippen MR) is 126 cm³/mol. The SMILES string of the molecule is CC.CC.Cc1cccc(C(=O)NCc2cncn2Cc2cccc(I)c2)c1. The van der Waals surface area contributed by atoms with Gasteiger partial charge in [0.15, 0.2) is 0 Å². The van der Waals surface area contributed by atoms with Crippen molar-refractivity contribution in [3.05, 3.63) is 87.0 Å². The van der Waals surface area contributed by atoms with Crippen molar-refractivity contribution in [1.82, 2.24) is 14.9 Å². The zero-order valence-electron chi connectivity index (χ0n) is 17.4. The third-order valence-corrected chi connectivity index (χ3v) is 4.42. The minimum absolute atomic E-state index is 0.0688. The molecule has 1 amide bonds. The average Bonchev–Trinajstić information content (AvgIpc) is 3.16. The first kappa shape index (κ1) is 23.9. The zero-order chi connectivity index (χ0) is 20.9. The van der Waals surface area contributed by atoms with E-state index in [0.29, 0.717) is 12.1 Å². The first-order valence-electron chi connectivity index (χ1n) is 9.70. The molecule has 0 aliphatic heterocycles. The van der Waals surface area contributed by atoms with Crippen LogP contribution in [-0.4, -0.2) is 15.5 Å². The maximum Gasteiger partial charge on any atom is 0.251 e. The monoisotopic (exact) mass is 491 g/mol. The fraction of sp³-hybridized carbons (Fsp3) is 0.304. The standard InChI is InChI=1S/C19H18IN3O.2C2H6/c1-14-4-2-6-16(8-14)19(24)22-11-18-10-21-13-23(18)12-15-5-3-7-17(20)9-15;2*1-2/h2-10,13H,11-12H2,1H3,(H,22,24);2*1-2H3. The molecular weight excluding hydrogens is 461 g/mol. The number of imidazole rings is 1. The van der Waals surface area contributed by atoms with Gasteiger partial charge in [-0.3, -0.25) is 4.79 Å². The summed E-state index contributed by atoms with van der Waals surface area (Å²) in [6.07, 6.45) is 3.60. The molecule has 1 heterocycles. The minimum atomic E-state index is -0.0688. The second-order valence-electron chi connectivity index (χ2n) is 5.69. The Morgan fingerprint density at radius 2 is 1.79 bits per heavy atom. The van der Waals surface area contributed by atoms with E-state index in [-0.39, 0.29) is 5.91 Å². The van der Waals surface area contributed by atoms with E-state index in [9.17, 15) is 4.79 Å². The van der Waals surface area contributed by atoms with Crippen molar-refractivity contribution in [2.24, 2.45) is 0 Å². The lowest BCUT2D eigenvalue weighted by Crippen LogP contribution is -2.24. The Labute approximate surface area is 182 Å². The molecule has 0 saturated carbocycles. The molecule has 5 heteroatoms. The molecule has 0 aliphatic carbocycles. The van der Waals surface area contributed by atoms with Gasteiger partial charge in [0.2, 0.25) is 0 Å². The maximum absolute atomic E-state index is 12.3. The molecule has 0 atom stereocenters. The molecule has 150 valence electrons. The lowest BCUT2D eigenvalue weighted by atomic mass is 10.1. The summed E-state index contributed by atoms with van der Waals surface area (Å²) in [5.74, 6) is -0.0688. The van der Waals surface area contributed by atoms with Crippen molar-refractivity contribution < 1.29 is 4.79 Å². The number of nitrogens with zero attached hydrogens (tertiary/aromatic N) is 2. The van der Waals surface area contributed by atoms with Gasteiger partial charge in [-0.2, -0.15) is 0 Å². The third kappa shape index (κ3) is 7.46. The highest BCUT2D eigenvalue weighted by Crippen LogP contribution is 2.11. The van der Waals surface area contributed by atoms with Gasteiger partial charge >= 0.3 is 0 Å². The van der Waals surface area contributed by atoms with E-state index in [1.165, 1.54) is 9.13 Å². The number of carbonyl (C=O) groups is 1. The smallest absolute Gasteiger partial charge is 0.251 e. The molecular formula is C23H30IN3O. The number of rotatable bonds is 5. The molecule has 0 bridgehead atoms. The van der Waals surface area contributed by atoms with Crippen molar-refractivity contribution in [3.8, 4) is 0 Å². The van der Waals surface area contributed by atoms with E-state index in [0.717, 1.165) is 17.8 Å². The van der Waals surface area contributed by atoms with Gasteiger partial charge in [0.05, 0.1) is 18.6 Å². The third-order valence-electron chi connectivity index (χ3n) is 3.75. The molecule has 4 nitrogen and oxygen atoms in total. The fourth-order valence-electron chi connectivity index (χ4n) is 2.53. The molecule has 0 saturated heterocycles. The normalized spacial score (nSPS) is 9.50. The highest BCUT2D eigenvalue weighted by molar-refractivity contribution is 14.1.